The van der Waals surface area contributed by atoms with E-state index < -0.39 is 11.9 Å². The number of carboxylic acid groups (broad SMARTS) is 2. The van der Waals surface area contributed by atoms with Crippen LogP contribution in [0.1, 0.15) is 41.4 Å². The molecule has 1 aromatic carbocycles. The van der Waals surface area contributed by atoms with Gasteiger partial charge in [-0.25, -0.2) is 9.59 Å². The molecule has 1 heterocycles. The maximum absolute atomic E-state index is 10.4. The minimum Gasteiger partial charge on any atom is -1.00 e. The molecule has 0 bridgehead atoms. The van der Waals surface area contributed by atoms with Gasteiger partial charge in [-0.15, -0.1) is 0 Å². The van der Waals surface area contributed by atoms with Gasteiger partial charge in [-0.1, -0.05) is 12.5 Å². The summed E-state index contributed by atoms with van der Waals surface area (Å²) in [4.78, 5) is 20.8. The van der Waals surface area contributed by atoms with Gasteiger partial charge in [-0.3, -0.25) is 0 Å². The Hall–Kier alpha value is -0.920. The van der Waals surface area contributed by atoms with E-state index in [1.54, 1.807) is 0 Å². The number of rotatable bonds is 2. The quantitative estimate of drug-likeness (QED) is 0.552. The summed E-state index contributed by atoms with van der Waals surface area (Å²) in [7, 11) is 0. The fourth-order valence-corrected chi connectivity index (χ4v) is 1.59. The van der Waals surface area contributed by atoms with Gasteiger partial charge < -0.3 is 22.4 Å². The van der Waals surface area contributed by atoms with Crippen molar-refractivity contribution < 1.29 is 56.3 Å². The second kappa shape index (κ2) is 11.9. The maximum atomic E-state index is 10.4. The smallest absolute Gasteiger partial charge is 1.00 e. The molecule has 0 amide bonds. The minimum absolute atomic E-state index is 0. The first-order valence-corrected chi connectivity index (χ1v) is 5.88. The van der Waals surface area contributed by atoms with Crippen LogP contribution in [0.15, 0.2) is 24.3 Å². The van der Waals surface area contributed by atoms with Crippen LogP contribution in [-0.4, -0.2) is 40.7 Å². The first-order valence-electron chi connectivity index (χ1n) is 5.88. The molecular formula is C13H20NNaO5. The zero-order valence-electron chi connectivity index (χ0n) is 12.6. The number of nitrogens with one attached hydrogen (secondary N) is 1. The van der Waals surface area contributed by atoms with Crippen LogP contribution >= 0.6 is 0 Å². The molecular weight excluding hydrogens is 273 g/mol. The van der Waals surface area contributed by atoms with E-state index in [-0.39, 0.29) is 47.6 Å². The minimum atomic E-state index is -1.13. The first-order chi connectivity index (χ1) is 8.61. The van der Waals surface area contributed by atoms with E-state index in [1.165, 1.54) is 50.6 Å². The van der Waals surface area contributed by atoms with Gasteiger partial charge in [0.1, 0.15) is 0 Å². The molecule has 0 aromatic heterocycles. The first kappa shape index (κ1) is 21.4. The predicted molar refractivity (Wildman–Crippen MR) is 71.8 cm³/mol. The predicted octanol–water partition coefficient (Wildman–Crippen LogP) is -1.87. The standard InChI is InChI=1S/C8H6O4.C5H11N.Na.H2O.H/c9-7(10)5-2-1-3-6(4-5)8(11)12;1-2-4-6-5-3-1;;;/h1-4H,(H,9,10)(H,11,12);6H,1-5H2;;1H2;/q;;+1;;-1. The Morgan fingerprint density at radius 1 is 1.00 bits per heavy atom. The van der Waals surface area contributed by atoms with Crippen LogP contribution in [0.4, 0.5) is 0 Å². The summed E-state index contributed by atoms with van der Waals surface area (Å²) in [5, 5.41) is 20.3. The Morgan fingerprint density at radius 2 is 1.45 bits per heavy atom. The molecule has 0 atom stereocenters. The zero-order valence-corrected chi connectivity index (χ0v) is 13.6. The van der Waals surface area contributed by atoms with Crippen LogP contribution < -0.4 is 34.9 Å². The molecule has 1 fully saturated rings. The Labute approximate surface area is 141 Å². The van der Waals surface area contributed by atoms with Crippen molar-refractivity contribution in [2.24, 2.45) is 0 Å². The largest absolute Gasteiger partial charge is 1.00 e. The summed E-state index contributed by atoms with van der Waals surface area (Å²) in [5.74, 6) is -2.25. The zero-order chi connectivity index (χ0) is 13.4. The Morgan fingerprint density at radius 3 is 1.70 bits per heavy atom. The molecule has 1 aliphatic heterocycles. The number of hydrogen-bond donors (Lipinski definition) is 3. The average molecular weight is 293 g/mol. The molecule has 1 aromatic rings. The van der Waals surface area contributed by atoms with Crippen molar-refractivity contribution in [1.29, 1.82) is 0 Å². The molecule has 7 heteroatoms. The van der Waals surface area contributed by atoms with Crippen molar-refractivity contribution in [1.82, 2.24) is 5.32 Å². The third kappa shape index (κ3) is 8.29. The van der Waals surface area contributed by atoms with Crippen LogP contribution in [0.5, 0.6) is 0 Å². The SMILES string of the molecule is C1CCNCC1.O.O=C(O)c1cccc(C(=O)O)c1.[H-].[Na+]. The molecule has 0 radical (unpaired) electrons. The van der Waals surface area contributed by atoms with Gasteiger partial charge in [0.2, 0.25) is 0 Å². The topological polar surface area (TPSA) is 118 Å². The summed E-state index contributed by atoms with van der Waals surface area (Å²) < 4.78 is 0. The number of carboxylic acids is 2. The molecule has 0 spiro atoms. The summed E-state index contributed by atoms with van der Waals surface area (Å²) >= 11 is 0. The van der Waals surface area contributed by atoms with E-state index in [4.69, 9.17) is 10.2 Å². The van der Waals surface area contributed by atoms with E-state index in [0.717, 1.165) is 6.07 Å². The molecule has 6 nitrogen and oxygen atoms in total. The fourth-order valence-electron chi connectivity index (χ4n) is 1.59. The summed E-state index contributed by atoms with van der Waals surface area (Å²) in [6.07, 6.45) is 4.22. The second-order valence-electron chi connectivity index (χ2n) is 4.00. The van der Waals surface area contributed by atoms with E-state index >= 15 is 0 Å². The number of benzene rings is 1. The molecule has 2 rings (SSSR count). The summed E-state index contributed by atoms with van der Waals surface area (Å²) in [5.41, 5.74) is -0.0372. The van der Waals surface area contributed by atoms with Gasteiger partial charge in [0.05, 0.1) is 11.1 Å². The van der Waals surface area contributed by atoms with Crippen molar-refractivity contribution in [3.63, 3.8) is 0 Å². The van der Waals surface area contributed by atoms with E-state index in [1.807, 2.05) is 0 Å². The van der Waals surface area contributed by atoms with Crippen molar-refractivity contribution >= 4 is 11.9 Å². The van der Waals surface area contributed by atoms with Gasteiger partial charge in [-0.2, -0.15) is 0 Å². The van der Waals surface area contributed by atoms with Gasteiger partial charge >= 0.3 is 41.5 Å². The fraction of sp³-hybridized carbons (Fsp3) is 0.385. The molecule has 5 N–H and O–H groups in total. The second-order valence-corrected chi connectivity index (χ2v) is 4.00. The number of hydrogen-bond acceptors (Lipinski definition) is 3. The van der Waals surface area contributed by atoms with Gasteiger partial charge in [0.25, 0.3) is 0 Å². The van der Waals surface area contributed by atoms with Crippen LogP contribution in [-0.2, 0) is 0 Å². The van der Waals surface area contributed by atoms with Crippen LogP contribution in [0.3, 0.4) is 0 Å². The molecule has 20 heavy (non-hydrogen) atoms. The van der Waals surface area contributed by atoms with Crippen LogP contribution in [0.2, 0.25) is 0 Å². The number of carbonyl (C=O) groups is 2. The van der Waals surface area contributed by atoms with Crippen LogP contribution in [0, 0.1) is 0 Å². The van der Waals surface area contributed by atoms with E-state index in [0.29, 0.717) is 0 Å². The van der Waals surface area contributed by atoms with Crippen molar-refractivity contribution in [2.45, 2.75) is 19.3 Å². The number of aromatic carboxylic acids is 2. The number of piperidine rings is 1. The van der Waals surface area contributed by atoms with Crippen molar-refractivity contribution in [3.8, 4) is 0 Å². The third-order valence-corrected chi connectivity index (χ3v) is 2.56. The Bertz CT molecular complexity index is 386. The molecule has 0 aliphatic carbocycles. The van der Waals surface area contributed by atoms with Gasteiger partial charge in [0, 0.05) is 0 Å². The molecule has 0 unspecified atom stereocenters. The van der Waals surface area contributed by atoms with Crippen molar-refractivity contribution in [3.05, 3.63) is 35.4 Å². The molecule has 1 saturated heterocycles. The third-order valence-electron chi connectivity index (χ3n) is 2.56. The normalized spacial score (nSPS) is 12.8. The Balaban J connectivity index is -0.000000312. The monoisotopic (exact) mass is 293 g/mol. The van der Waals surface area contributed by atoms with E-state index in [2.05, 4.69) is 5.32 Å². The van der Waals surface area contributed by atoms with Gasteiger partial charge in [0.15, 0.2) is 0 Å². The Kier molecular flexibility index (Phi) is 12.7. The van der Waals surface area contributed by atoms with Crippen molar-refractivity contribution in [2.75, 3.05) is 13.1 Å². The van der Waals surface area contributed by atoms with E-state index in [9.17, 15) is 9.59 Å². The maximum Gasteiger partial charge on any atom is 1.00 e. The molecule has 108 valence electrons. The molecule has 1 aliphatic rings. The van der Waals surface area contributed by atoms with Gasteiger partial charge in [-0.05, 0) is 44.1 Å². The molecule has 0 saturated carbocycles. The summed E-state index contributed by atoms with van der Waals surface area (Å²) in [6.45, 7) is 2.50. The summed E-state index contributed by atoms with van der Waals surface area (Å²) in [6, 6.07) is 5.20. The van der Waals surface area contributed by atoms with Crippen LogP contribution in [0.25, 0.3) is 0 Å². The average Bonchev–Trinajstić information content (AvgIpc) is 2.41.